The summed E-state index contributed by atoms with van der Waals surface area (Å²) in [4.78, 5) is 22.7. The van der Waals surface area contributed by atoms with E-state index in [2.05, 4.69) is 54.0 Å². The predicted octanol–water partition coefficient (Wildman–Crippen LogP) is 4.44. The molecule has 2 aromatic heterocycles. The Morgan fingerprint density at radius 1 is 1.02 bits per heavy atom. The lowest BCUT2D eigenvalue weighted by Crippen LogP contribution is -2.44. The number of likely N-dealkylation sites (N-methyl/N-ethyl adjacent to an activating group) is 1. The number of ether oxygens (including phenoxy) is 1. The lowest BCUT2D eigenvalue weighted by molar-refractivity contribution is 0.0904. The van der Waals surface area contributed by atoms with Gasteiger partial charge in [0.05, 0.1) is 10.9 Å². The number of benzene rings is 2. The summed E-state index contributed by atoms with van der Waals surface area (Å²) >= 11 is 0. The maximum atomic E-state index is 13.6. The molecule has 2 saturated heterocycles. The van der Waals surface area contributed by atoms with Gasteiger partial charge in [-0.2, -0.15) is 5.10 Å². The van der Waals surface area contributed by atoms with E-state index in [1.54, 1.807) is 12.1 Å². The van der Waals surface area contributed by atoms with Gasteiger partial charge in [0.25, 0.3) is 5.91 Å². The van der Waals surface area contributed by atoms with Gasteiger partial charge in [-0.05, 0) is 67.9 Å². The number of H-pyrrole nitrogens is 1. The fourth-order valence-corrected chi connectivity index (χ4v) is 5.35. The number of rotatable bonds is 8. The minimum atomic E-state index is -0.635. The van der Waals surface area contributed by atoms with E-state index < -0.39 is 11.6 Å². The summed E-state index contributed by atoms with van der Waals surface area (Å²) in [7, 11) is 2.13. The largest absolute Gasteiger partial charge is 0.381 e. The molecule has 0 aliphatic carbocycles. The van der Waals surface area contributed by atoms with Gasteiger partial charge < -0.3 is 30.5 Å². The molecule has 10 nitrogen and oxygen atoms in total. The number of aromatic nitrogens is 3. The van der Waals surface area contributed by atoms with E-state index in [9.17, 15) is 13.6 Å². The molecule has 4 aromatic rings. The standard InChI is InChI=1S/C30H34F2N8O2/c1-39-8-10-40(11-9-39)23-2-3-24(26(17-23)34-22-6-12-42-13-7-22)30(41)36-29-25-4-5-27(35-28(25)37-38-29)33-18-19-14-20(31)16-21(32)15-19/h2-5,14-17,22,34H,6-13,18H2,1H3,(H3,33,35,36,37,38,41). The molecule has 1 amide bonds. The van der Waals surface area contributed by atoms with Crippen LogP contribution in [0.5, 0.6) is 0 Å². The van der Waals surface area contributed by atoms with Gasteiger partial charge in [0.1, 0.15) is 17.5 Å². The topological polar surface area (TPSA) is 110 Å². The highest BCUT2D eigenvalue weighted by Crippen LogP contribution is 2.29. The minimum absolute atomic E-state index is 0.192. The Morgan fingerprint density at radius 2 is 1.79 bits per heavy atom. The van der Waals surface area contributed by atoms with Crippen molar-refractivity contribution in [3.63, 3.8) is 0 Å². The van der Waals surface area contributed by atoms with Gasteiger partial charge in [-0.25, -0.2) is 13.8 Å². The van der Waals surface area contributed by atoms with Crippen molar-refractivity contribution in [1.82, 2.24) is 20.1 Å². The van der Waals surface area contributed by atoms with Crippen LogP contribution in [-0.4, -0.2) is 78.5 Å². The summed E-state index contributed by atoms with van der Waals surface area (Å²) in [6.07, 6.45) is 1.75. The second-order valence-electron chi connectivity index (χ2n) is 10.8. The summed E-state index contributed by atoms with van der Waals surface area (Å²) in [5.74, 6) is -0.690. The SMILES string of the molecule is CN1CCN(c2ccc(C(=O)Nc3n[nH]c4nc(NCc5cc(F)cc(F)c5)ccc34)c(NC3CCOCC3)c2)CC1. The van der Waals surface area contributed by atoms with Gasteiger partial charge in [-0.1, -0.05) is 0 Å². The van der Waals surface area contributed by atoms with Crippen molar-refractivity contribution in [2.75, 3.05) is 67.3 Å². The number of hydrogen-bond acceptors (Lipinski definition) is 8. The average molecular weight is 577 g/mol. The highest BCUT2D eigenvalue weighted by atomic mass is 19.1. The number of carbonyl (C=O) groups excluding carboxylic acids is 1. The third kappa shape index (κ3) is 6.44. The third-order valence-corrected chi connectivity index (χ3v) is 7.75. The Balaban J connectivity index is 1.19. The van der Waals surface area contributed by atoms with Crippen LogP contribution in [0.2, 0.25) is 0 Å². The number of pyridine rings is 1. The molecule has 0 saturated carbocycles. The maximum absolute atomic E-state index is 13.6. The average Bonchev–Trinajstić information content (AvgIpc) is 3.38. The van der Waals surface area contributed by atoms with E-state index in [0.717, 1.165) is 56.5 Å². The van der Waals surface area contributed by atoms with E-state index in [1.807, 2.05) is 12.1 Å². The molecule has 6 rings (SSSR count). The molecule has 2 aliphatic heterocycles. The van der Waals surface area contributed by atoms with E-state index in [4.69, 9.17) is 4.74 Å². The van der Waals surface area contributed by atoms with E-state index in [0.29, 0.717) is 47.0 Å². The molecular weight excluding hydrogens is 542 g/mol. The van der Waals surface area contributed by atoms with Crippen molar-refractivity contribution in [2.24, 2.45) is 0 Å². The van der Waals surface area contributed by atoms with Crippen LogP contribution in [0.1, 0.15) is 28.8 Å². The van der Waals surface area contributed by atoms with Crippen molar-refractivity contribution >= 4 is 40.0 Å². The highest BCUT2D eigenvalue weighted by molar-refractivity contribution is 6.10. The van der Waals surface area contributed by atoms with Crippen LogP contribution in [0.25, 0.3) is 11.0 Å². The highest BCUT2D eigenvalue weighted by Gasteiger charge is 2.22. The number of halogens is 2. The van der Waals surface area contributed by atoms with Gasteiger partial charge in [0.15, 0.2) is 11.5 Å². The number of fused-ring (bicyclic) bond motifs is 1. The lowest BCUT2D eigenvalue weighted by atomic mass is 10.1. The maximum Gasteiger partial charge on any atom is 0.258 e. The van der Waals surface area contributed by atoms with E-state index in [1.165, 1.54) is 12.1 Å². The van der Waals surface area contributed by atoms with Crippen LogP contribution in [-0.2, 0) is 11.3 Å². The van der Waals surface area contributed by atoms with Crippen LogP contribution in [0.4, 0.5) is 31.8 Å². The first-order valence-corrected chi connectivity index (χ1v) is 14.2. The lowest BCUT2D eigenvalue weighted by Gasteiger charge is -2.34. The van der Waals surface area contributed by atoms with Crippen LogP contribution >= 0.6 is 0 Å². The molecule has 0 spiro atoms. The van der Waals surface area contributed by atoms with Gasteiger partial charge in [-0.15, -0.1) is 0 Å². The number of hydrogen-bond donors (Lipinski definition) is 4. The van der Waals surface area contributed by atoms with Gasteiger partial charge in [0, 0.05) is 69.4 Å². The number of aromatic amines is 1. The van der Waals surface area contributed by atoms with Gasteiger partial charge in [0.2, 0.25) is 0 Å². The Morgan fingerprint density at radius 3 is 2.55 bits per heavy atom. The number of piperazine rings is 1. The molecule has 0 unspecified atom stereocenters. The zero-order chi connectivity index (χ0) is 29.1. The smallest absolute Gasteiger partial charge is 0.258 e. The summed E-state index contributed by atoms with van der Waals surface area (Å²) in [6.45, 7) is 5.43. The second-order valence-corrected chi connectivity index (χ2v) is 10.8. The number of nitrogens with one attached hydrogen (secondary N) is 4. The molecule has 220 valence electrons. The Hall–Kier alpha value is -4.29. The van der Waals surface area contributed by atoms with Crippen molar-refractivity contribution in [1.29, 1.82) is 0 Å². The van der Waals surface area contributed by atoms with Gasteiger partial charge >= 0.3 is 0 Å². The number of carbonyl (C=O) groups is 1. The van der Waals surface area contributed by atoms with Gasteiger partial charge in [-0.3, -0.25) is 9.89 Å². The molecule has 12 heteroatoms. The van der Waals surface area contributed by atoms with Crippen molar-refractivity contribution in [3.05, 3.63) is 71.3 Å². The summed E-state index contributed by atoms with van der Waals surface area (Å²) in [5, 5.41) is 17.4. The summed E-state index contributed by atoms with van der Waals surface area (Å²) in [5.41, 5.74) is 3.32. The third-order valence-electron chi connectivity index (χ3n) is 7.75. The Kier molecular flexibility index (Phi) is 8.15. The molecule has 4 heterocycles. The Labute approximate surface area is 242 Å². The van der Waals surface area contributed by atoms with Crippen molar-refractivity contribution in [2.45, 2.75) is 25.4 Å². The van der Waals surface area contributed by atoms with Crippen LogP contribution in [0.3, 0.4) is 0 Å². The fourth-order valence-electron chi connectivity index (χ4n) is 5.35. The molecule has 2 aliphatic rings. The summed E-state index contributed by atoms with van der Waals surface area (Å²) in [6, 6.07) is 13.0. The van der Waals surface area contributed by atoms with Crippen LogP contribution in [0.15, 0.2) is 48.5 Å². The molecular formula is C30H34F2N8O2. The molecule has 42 heavy (non-hydrogen) atoms. The van der Waals surface area contributed by atoms with Crippen LogP contribution < -0.4 is 20.9 Å². The van der Waals surface area contributed by atoms with Crippen molar-refractivity contribution < 1.29 is 18.3 Å². The second kappa shape index (κ2) is 12.3. The molecule has 2 aromatic carbocycles. The first kappa shape index (κ1) is 27.9. The number of nitrogens with zero attached hydrogens (tertiary/aromatic N) is 4. The van der Waals surface area contributed by atoms with E-state index >= 15 is 0 Å². The van der Waals surface area contributed by atoms with Crippen LogP contribution in [0, 0.1) is 11.6 Å². The molecule has 4 N–H and O–H groups in total. The van der Waals surface area contributed by atoms with Crippen molar-refractivity contribution in [3.8, 4) is 0 Å². The quantitative estimate of drug-likeness (QED) is 0.244. The predicted molar refractivity (Wildman–Crippen MR) is 159 cm³/mol. The zero-order valence-electron chi connectivity index (χ0n) is 23.4. The van der Waals surface area contributed by atoms with E-state index in [-0.39, 0.29) is 18.5 Å². The molecule has 0 radical (unpaired) electrons. The molecule has 0 bridgehead atoms. The molecule has 2 fully saturated rings. The normalized spacial score (nSPS) is 16.5. The fraction of sp³-hybridized carbons (Fsp3) is 0.367. The molecule has 0 atom stereocenters. The number of amides is 1. The first-order chi connectivity index (χ1) is 20.4. The number of anilines is 4. The first-order valence-electron chi connectivity index (χ1n) is 14.2. The monoisotopic (exact) mass is 576 g/mol. The zero-order valence-corrected chi connectivity index (χ0v) is 23.4. The Bertz CT molecular complexity index is 1540. The minimum Gasteiger partial charge on any atom is -0.381 e. The summed E-state index contributed by atoms with van der Waals surface area (Å²) < 4.78 is 32.5.